The maximum atomic E-state index is 5.96. The quantitative estimate of drug-likeness (QED) is 0.876. The minimum absolute atomic E-state index is 0.443. The van der Waals surface area contributed by atoms with E-state index < -0.39 is 0 Å². The van der Waals surface area contributed by atoms with E-state index in [1.54, 1.807) is 0 Å². The lowest BCUT2D eigenvalue weighted by Crippen LogP contribution is -2.20. The first-order chi connectivity index (χ1) is 8.63. The molecule has 0 amide bonds. The fourth-order valence-electron chi connectivity index (χ4n) is 2.51. The summed E-state index contributed by atoms with van der Waals surface area (Å²) in [5, 5.41) is 1.34. The van der Waals surface area contributed by atoms with Crippen LogP contribution in [0.3, 0.4) is 0 Å². The smallest absolute Gasteiger partial charge is 0.0480 e. The largest absolute Gasteiger partial charge is 0.350 e. The predicted octanol–water partition coefficient (Wildman–Crippen LogP) is 2.17. The Balaban J connectivity index is 2.33. The highest BCUT2D eigenvalue weighted by atomic mass is 15.0. The number of nitrogens with two attached hydrogens (primary N) is 1. The maximum absolute atomic E-state index is 5.96. The average molecular weight is 245 g/mol. The summed E-state index contributed by atoms with van der Waals surface area (Å²) in [6.07, 6.45) is 3.34. The average Bonchev–Trinajstić information content (AvgIpc) is 2.68. The lowest BCUT2D eigenvalue weighted by Gasteiger charge is -2.17. The van der Waals surface area contributed by atoms with Crippen LogP contribution in [0.1, 0.15) is 17.9 Å². The van der Waals surface area contributed by atoms with Gasteiger partial charge in [0.1, 0.15) is 0 Å². The van der Waals surface area contributed by atoms with Crippen LogP contribution < -0.4 is 5.73 Å². The van der Waals surface area contributed by atoms with Crippen LogP contribution in [0.5, 0.6) is 0 Å². The summed E-state index contributed by atoms with van der Waals surface area (Å²) in [4.78, 5) is 2.22. The van der Waals surface area contributed by atoms with Gasteiger partial charge in [0.15, 0.2) is 0 Å². The van der Waals surface area contributed by atoms with Crippen LogP contribution in [0.15, 0.2) is 30.5 Å². The Hall–Kier alpha value is -1.32. The van der Waals surface area contributed by atoms with Gasteiger partial charge in [0.05, 0.1) is 0 Å². The number of aryl methyl sites for hydroxylation is 1. The number of hydrogen-bond donors (Lipinski definition) is 1. The number of aromatic nitrogens is 1. The Morgan fingerprint density at radius 3 is 2.67 bits per heavy atom. The highest BCUT2D eigenvalue weighted by Crippen LogP contribution is 2.28. The highest BCUT2D eigenvalue weighted by Gasteiger charge is 2.15. The molecule has 0 aliphatic carbocycles. The molecule has 1 aromatic heterocycles. The number of hydrogen-bond acceptors (Lipinski definition) is 2. The molecule has 2 N–H and O–H groups in total. The lowest BCUT2D eigenvalue weighted by atomic mass is 9.95. The molecule has 1 heterocycles. The third kappa shape index (κ3) is 2.57. The zero-order valence-corrected chi connectivity index (χ0v) is 11.6. The Morgan fingerprint density at radius 1 is 1.28 bits per heavy atom. The molecule has 3 nitrogen and oxygen atoms in total. The zero-order valence-electron chi connectivity index (χ0n) is 11.6. The minimum Gasteiger partial charge on any atom is -0.350 e. The van der Waals surface area contributed by atoms with Crippen LogP contribution in [0.2, 0.25) is 0 Å². The maximum Gasteiger partial charge on any atom is 0.0480 e. The molecule has 0 radical (unpaired) electrons. The molecular formula is C15H23N3. The van der Waals surface area contributed by atoms with E-state index in [1.807, 2.05) is 0 Å². The van der Waals surface area contributed by atoms with Crippen LogP contribution in [0.4, 0.5) is 0 Å². The number of fused-ring (bicyclic) bond motifs is 1. The fourth-order valence-corrected chi connectivity index (χ4v) is 2.51. The molecule has 0 fully saturated rings. The molecule has 0 aliphatic rings. The van der Waals surface area contributed by atoms with Gasteiger partial charge in [0, 0.05) is 24.1 Å². The van der Waals surface area contributed by atoms with E-state index >= 15 is 0 Å². The molecular weight excluding hydrogens is 222 g/mol. The van der Waals surface area contributed by atoms with E-state index in [0.29, 0.717) is 12.5 Å². The monoisotopic (exact) mass is 245 g/mol. The summed E-state index contributed by atoms with van der Waals surface area (Å²) in [7, 11) is 6.32. The Bertz CT molecular complexity index is 513. The molecule has 2 aromatic rings. The van der Waals surface area contributed by atoms with E-state index in [1.165, 1.54) is 16.5 Å². The lowest BCUT2D eigenvalue weighted by molar-refractivity contribution is 0.382. The van der Waals surface area contributed by atoms with Gasteiger partial charge in [-0.2, -0.15) is 0 Å². The van der Waals surface area contributed by atoms with Crippen molar-refractivity contribution in [2.24, 2.45) is 12.8 Å². The standard InChI is InChI=1S/C15H23N3/c1-17(2)9-8-12(10-16)14-11-18(3)15-7-5-4-6-13(14)15/h4-7,11-12H,8-10,16H2,1-3H3. The molecule has 0 saturated carbocycles. The van der Waals surface area contributed by atoms with Crippen molar-refractivity contribution >= 4 is 10.9 Å². The van der Waals surface area contributed by atoms with Gasteiger partial charge in [-0.3, -0.25) is 0 Å². The van der Waals surface area contributed by atoms with E-state index in [9.17, 15) is 0 Å². The van der Waals surface area contributed by atoms with Crippen molar-refractivity contribution in [2.45, 2.75) is 12.3 Å². The first kappa shape index (κ1) is 13.1. The molecule has 0 spiro atoms. The molecule has 0 aliphatic heterocycles. The molecule has 3 heteroatoms. The first-order valence-electron chi connectivity index (χ1n) is 6.52. The summed E-state index contributed by atoms with van der Waals surface area (Å²) < 4.78 is 2.20. The van der Waals surface area contributed by atoms with Gasteiger partial charge in [0.25, 0.3) is 0 Å². The highest BCUT2D eigenvalue weighted by molar-refractivity contribution is 5.84. The predicted molar refractivity (Wildman–Crippen MR) is 77.9 cm³/mol. The number of nitrogens with zero attached hydrogens (tertiary/aromatic N) is 2. The molecule has 0 saturated heterocycles. The summed E-state index contributed by atoms with van der Waals surface area (Å²) in [5.41, 5.74) is 8.64. The van der Waals surface area contributed by atoms with Gasteiger partial charge in [-0.25, -0.2) is 0 Å². The number of rotatable bonds is 5. The summed E-state index contributed by atoms with van der Waals surface area (Å²) in [6.45, 7) is 1.78. The first-order valence-corrected chi connectivity index (χ1v) is 6.52. The van der Waals surface area contributed by atoms with E-state index in [-0.39, 0.29) is 0 Å². The molecule has 18 heavy (non-hydrogen) atoms. The van der Waals surface area contributed by atoms with E-state index in [2.05, 4.69) is 61.1 Å². The van der Waals surface area contributed by atoms with E-state index in [0.717, 1.165) is 13.0 Å². The Kier molecular flexibility index (Phi) is 4.04. The van der Waals surface area contributed by atoms with Crippen molar-refractivity contribution in [1.29, 1.82) is 0 Å². The van der Waals surface area contributed by atoms with Crippen molar-refractivity contribution in [1.82, 2.24) is 9.47 Å². The van der Waals surface area contributed by atoms with Gasteiger partial charge in [0.2, 0.25) is 0 Å². The zero-order chi connectivity index (χ0) is 13.1. The van der Waals surface area contributed by atoms with Crippen LogP contribution in [0, 0.1) is 0 Å². The van der Waals surface area contributed by atoms with Crippen molar-refractivity contribution < 1.29 is 0 Å². The molecule has 2 rings (SSSR count). The third-order valence-corrected chi connectivity index (χ3v) is 3.58. The Labute approximate surface area is 109 Å². The van der Waals surface area contributed by atoms with Crippen LogP contribution >= 0.6 is 0 Å². The summed E-state index contributed by atoms with van der Waals surface area (Å²) in [6, 6.07) is 8.55. The van der Waals surface area contributed by atoms with Gasteiger partial charge >= 0.3 is 0 Å². The molecule has 1 atom stereocenters. The topological polar surface area (TPSA) is 34.2 Å². The van der Waals surface area contributed by atoms with Gasteiger partial charge in [-0.05, 0) is 51.2 Å². The van der Waals surface area contributed by atoms with Crippen molar-refractivity contribution in [3.63, 3.8) is 0 Å². The van der Waals surface area contributed by atoms with Crippen molar-refractivity contribution in [3.05, 3.63) is 36.0 Å². The number of benzene rings is 1. The van der Waals surface area contributed by atoms with Crippen molar-refractivity contribution in [2.75, 3.05) is 27.2 Å². The van der Waals surface area contributed by atoms with Crippen LogP contribution in [0.25, 0.3) is 10.9 Å². The second-order valence-electron chi connectivity index (χ2n) is 5.24. The normalized spacial score (nSPS) is 13.4. The second kappa shape index (κ2) is 5.55. The SMILES string of the molecule is CN(C)CCC(CN)c1cn(C)c2ccccc12. The molecule has 1 unspecified atom stereocenters. The molecule has 0 bridgehead atoms. The molecule has 98 valence electrons. The minimum atomic E-state index is 0.443. The second-order valence-corrected chi connectivity index (χ2v) is 5.24. The number of para-hydroxylation sites is 1. The van der Waals surface area contributed by atoms with Gasteiger partial charge < -0.3 is 15.2 Å². The Morgan fingerprint density at radius 2 is 2.00 bits per heavy atom. The van der Waals surface area contributed by atoms with Crippen LogP contribution in [-0.2, 0) is 7.05 Å². The molecule has 1 aromatic carbocycles. The summed E-state index contributed by atoms with van der Waals surface area (Å²) >= 11 is 0. The third-order valence-electron chi connectivity index (χ3n) is 3.58. The van der Waals surface area contributed by atoms with Crippen LogP contribution in [-0.4, -0.2) is 36.7 Å². The van der Waals surface area contributed by atoms with E-state index in [4.69, 9.17) is 5.73 Å². The van der Waals surface area contributed by atoms with Gasteiger partial charge in [-0.1, -0.05) is 18.2 Å². The summed E-state index contributed by atoms with van der Waals surface area (Å²) in [5.74, 6) is 0.443. The fraction of sp³-hybridized carbons (Fsp3) is 0.467. The van der Waals surface area contributed by atoms with Gasteiger partial charge in [-0.15, -0.1) is 0 Å². The van der Waals surface area contributed by atoms with Crippen molar-refractivity contribution in [3.8, 4) is 0 Å².